The first-order valence-electron chi connectivity index (χ1n) is 7.97. The Hall–Kier alpha value is -1.76. The molecule has 0 bridgehead atoms. The average molecular weight is 348 g/mol. The molecule has 5 nitrogen and oxygen atoms in total. The van der Waals surface area contributed by atoms with Crippen LogP contribution in [-0.4, -0.2) is 42.4 Å². The fourth-order valence-corrected chi connectivity index (χ4v) is 3.44. The largest absolute Gasteiger partial charge is 0.394 e. The van der Waals surface area contributed by atoms with Gasteiger partial charge in [0.05, 0.1) is 25.5 Å². The van der Waals surface area contributed by atoms with E-state index in [1.165, 1.54) is 16.9 Å². The Labute approximate surface area is 146 Å². The lowest BCUT2D eigenvalue weighted by Crippen LogP contribution is -2.27. The number of aryl methyl sites for hydroxylation is 1. The van der Waals surface area contributed by atoms with Crippen molar-refractivity contribution in [1.29, 1.82) is 0 Å². The van der Waals surface area contributed by atoms with Crippen molar-refractivity contribution in [2.75, 3.05) is 26.4 Å². The number of benzene rings is 1. The Morgan fingerprint density at radius 2 is 2.00 bits per heavy atom. The van der Waals surface area contributed by atoms with Crippen molar-refractivity contribution in [3.63, 3.8) is 0 Å². The number of hydrogen-bond donors (Lipinski definition) is 2. The second-order valence-electron chi connectivity index (χ2n) is 6.02. The van der Waals surface area contributed by atoms with E-state index < -0.39 is 0 Å². The van der Waals surface area contributed by atoms with Gasteiger partial charge in [-0.1, -0.05) is 30.3 Å². The standard InChI is InChI=1S/C18H24N2O3S/c1-13-15(16(22)19-9-11-23-12-10-21)24-17(20-13)18(2,3)14-7-5-4-6-8-14/h4-8,21H,9-12H2,1-3H3,(H,19,22). The van der Waals surface area contributed by atoms with Crippen molar-refractivity contribution in [3.8, 4) is 0 Å². The molecule has 0 atom stereocenters. The molecule has 1 heterocycles. The van der Waals surface area contributed by atoms with Crippen LogP contribution in [0.2, 0.25) is 0 Å². The van der Waals surface area contributed by atoms with E-state index in [1.54, 1.807) is 0 Å². The SMILES string of the molecule is Cc1nc(C(C)(C)c2ccccc2)sc1C(=O)NCCOCCO. The second-order valence-corrected chi connectivity index (χ2v) is 7.02. The van der Waals surface area contributed by atoms with Gasteiger partial charge in [0, 0.05) is 12.0 Å². The molecule has 130 valence electrons. The number of rotatable bonds is 8. The van der Waals surface area contributed by atoms with Crippen LogP contribution in [0.1, 0.15) is 39.8 Å². The molecule has 24 heavy (non-hydrogen) atoms. The minimum atomic E-state index is -0.251. The first-order valence-corrected chi connectivity index (χ1v) is 8.78. The number of nitrogens with zero attached hydrogens (tertiary/aromatic N) is 1. The maximum atomic E-state index is 12.3. The molecule has 2 aromatic rings. The third kappa shape index (κ3) is 4.41. The summed E-state index contributed by atoms with van der Waals surface area (Å²) in [7, 11) is 0. The van der Waals surface area contributed by atoms with Gasteiger partial charge in [0.15, 0.2) is 0 Å². The first kappa shape index (κ1) is 18.6. The molecule has 0 saturated carbocycles. The Morgan fingerprint density at radius 3 is 2.67 bits per heavy atom. The van der Waals surface area contributed by atoms with E-state index >= 15 is 0 Å². The topological polar surface area (TPSA) is 71.5 Å². The number of carbonyl (C=O) groups is 1. The molecule has 0 aliphatic carbocycles. The highest BCUT2D eigenvalue weighted by Crippen LogP contribution is 2.35. The third-order valence-corrected chi connectivity index (χ3v) is 5.28. The number of amides is 1. The van der Waals surface area contributed by atoms with E-state index in [9.17, 15) is 4.79 Å². The van der Waals surface area contributed by atoms with Gasteiger partial charge in [-0.2, -0.15) is 0 Å². The van der Waals surface area contributed by atoms with Crippen molar-refractivity contribution in [2.24, 2.45) is 0 Å². The summed E-state index contributed by atoms with van der Waals surface area (Å²) >= 11 is 1.43. The smallest absolute Gasteiger partial charge is 0.263 e. The molecule has 2 rings (SSSR count). The Morgan fingerprint density at radius 1 is 1.29 bits per heavy atom. The molecule has 1 aromatic carbocycles. The summed E-state index contributed by atoms with van der Waals surface area (Å²) in [6.45, 7) is 7.15. The second kappa shape index (κ2) is 8.37. The third-order valence-electron chi connectivity index (χ3n) is 3.80. The van der Waals surface area contributed by atoms with Gasteiger partial charge < -0.3 is 15.2 Å². The zero-order valence-electron chi connectivity index (χ0n) is 14.3. The maximum Gasteiger partial charge on any atom is 0.263 e. The molecule has 6 heteroatoms. The summed E-state index contributed by atoms with van der Waals surface area (Å²) in [5.74, 6) is -0.132. The van der Waals surface area contributed by atoms with Crippen LogP contribution in [0.3, 0.4) is 0 Å². The molecule has 0 aliphatic heterocycles. The highest BCUT2D eigenvalue weighted by molar-refractivity contribution is 7.14. The number of carbonyl (C=O) groups excluding carboxylic acids is 1. The lowest BCUT2D eigenvalue weighted by Gasteiger charge is -2.22. The van der Waals surface area contributed by atoms with Gasteiger partial charge in [0.2, 0.25) is 0 Å². The Kier molecular flexibility index (Phi) is 6.48. The predicted molar refractivity (Wildman–Crippen MR) is 95.7 cm³/mol. The molecule has 0 radical (unpaired) electrons. The van der Waals surface area contributed by atoms with Crippen molar-refractivity contribution >= 4 is 17.2 Å². The minimum Gasteiger partial charge on any atom is -0.394 e. The zero-order chi connectivity index (χ0) is 17.6. The number of thiazole rings is 1. The molecule has 0 aliphatic rings. The fourth-order valence-electron chi connectivity index (χ4n) is 2.34. The summed E-state index contributed by atoms with van der Waals surface area (Å²) in [6.07, 6.45) is 0. The molecular weight excluding hydrogens is 324 g/mol. The lowest BCUT2D eigenvalue weighted by molar-refractivity contribution is 0.0840. The van der Waals surface area contributed by atoms with Crippen molar-refractivity contribution in [3.05, 3.63) is 51.5 Å². The number of aliphatic hydroxyl groups excluding tert-OH is 1. The summed E-state index contributed by atoms with van der Waals surface area (Å²) < 4.78 is 5.14. The quantitative estimate of drug-likeness (QED) is 0.719. The highest BCUT2D eigenvalue weighted by Gasteiger charge is 2.28. The summed E-state index contributed by atoms with van der Waals surface area (Å²) in [5, 5.41) is 12.4. The maximum absolute atomic E-state index is 12.3. The van der Waals surface area contributed by atoms with E-state index in [4.69, 9.17) is 9.84 Å². The summed E-state index contributed by atoms with van der Waals surface area (Å²) in [4.78, 5) is 17.6. The van der Waals surface area contributed by atoms with Crippen LogP contribution >= 0.6 is 11.3 Å². The number of nitrogens with one attached hydrogen (secondary N) is 1. The monoisotopic (exact) mass is 348 g/mol. The Bertz CT molecular complexity index is 668. The van der Waals surface area contributed by atoms with E-state index in [-0.39, 0.29) is 24.5 Å². The van der Waals surface area contributed by atoms with Crippen molar-refractivity contribution < 1.29 is 14.6 Å². The van der Waals surface area contributed by atoms with Gasteiger partial charge in [-0.05, 0) is 26.3 Å². The molecule has 0 unspecified atom stereocenters. The minimum absolute atomic E-state index is 0.0141. The van der Waals surface area contributed by atoms with Crippen molar-refractivity contribution in [1.82, 2.24) is 10.3 Å². The molecule has 0 fully saturated rings. The van der Waals surface area contributed by atoms with Gasteiger partial charge in [-0.15, -0.1) is 11.3 Å². The van der Waals surface area contributed by atoms with Gasteiger partial charge in [0.25, 0.3) is 5.91 Å². The van der Waals surface area contributed by atoms with Gasteiger partial charge >= 0.3 is 0 Å². The van der Waals surface area contributed by atoms with Crippen LogP contribution in [0.5, 0.6) is 0 Å². The normalized spacial score (nSPS) is 11.5. The van der Waals surface area contributed by atoms with Crippen LogP contribution in [0.4, 0.5) is 0 Å². The fraction of sp³-hybridized carbons (Fsp3) is 0.444. The molecule has 1 aromatic heterocycles. The number of hydrogen-bond acceptors (Lipinski definition) is 5. The number of aliphatic hydroxyl groups is 1. The van der Waals surface area contributed by atoms with Crippen LogP contribution in [0.25, 0.3) is 0 Å². The van der Waals surface area contributed by atoms with E-state index in [2.05, 4.69) is 36.3 Å². The highest BCUT2D eigenvalue weighted by atomic mass is 32.1. The summed E-state index contributed by atoms with van der Waals surface area (Å²) in [5.41, 5.74) is 1.66. The van der Waals surface area contributed by atoms with Crippen LogP contribution in [0.15, 0.2) is 30.3 Å². The first-order chi connectivity index (χ1) is 11.5. The molecule has 1 amide bonds. The zero-order valence-corrected chi connectivity index (χ0v) is 15.2. The Balaban J connectivity index is 2.08. The number of ether oxygens (including phenoxy) is 1. The van der Waals surface area contributed by atoms with Gasteiger partial charge in [-0.25, -0.2) is 4.98 Å². The predicted octanol–water partition coefficient (Wildman–Crippen LogP) is 2.52. The summed E-state index contributed by atoms with van der Waals surface area (Å²) in [6, 6.07) is 10.2. The van der Waals surface area contributed by atoms with Crippen LogP contribution in [0, 0.1) is 6.92 Å². The molecule has 2 N–H and O–H groups in total. The number of aromatic nitrogens is 1. The lowest BCUT2D eigenvalue weighted by atomic mass is 9.85. The van der Waals surface area contributed by atoms with Gasteiger partial charge in [0.1, 0.15) is 9.88 Å². The van der Waals surface area contributed by atoms with E-state index in [1.807, 2.05) is 25.1 Å². The van der Waals surface area contributed by atoms with Crippen molar-refractivity contribution in [2.45, 2.75) is 26.2 Å². The van der Waals surface area contributed by atoms with Crippen LogP contribution in [-0.2, 0) is 10.2 Å². The van der Waals surface area contributed by atoms with E-state index in [0.29, 0.717) is 18.0 Å². The van der Waals surface area contributed by atoms with Crippen LogP contribution < -0.4 is 5.32 Å². The molecule has 0 saturated heterocycles. The molecule has 0 spiro atoms. The van der Waals surface area contributed by atoms with E-state index in [0.717, 1.165) is 10.7 Å². The molecular formula is C18H24N2O3S. The average Bonchev–Trinajstić information content (AvgIpc) is 2.98. The van der Waals surface area contributed by atoms with Gasteiger partial charge in [-0.3, -0.25) is 4.79 Å².